The monoisotopic (exact) mass is 170 g/mol. The van der Waals surface area contributed by atoms with Gasteiger partial charge in [-0.2, -0.15) is 4.98 Å². The predicted octanol–water partition coefficient (Wildman–Crippen LogP) is 0.461. The molecule has 0 aliphatic carbocycles. The summed E-state index contributed by atoms with van der Waals surface area (Å²) >= 11 is 0. The van der Waals surface area contributed by atoms with Gasteiger partial charge < -0.3 is 9.26 Å². The Balaban J connectivity index is 2.58. The van der Waals surface area contributed by atoms with Gasteiger partial charge in [0.1, 0.15) is 0 Å². The molecule has 0 saturated heterocycles. The SMILES string of the molecule is COCCc1noc(C(C)=O)n1. The summed E-state index contributed by atoms with van der Waals surface area (Å²) in [5, 5.41) is 3.59. The van der Waals surface area contributed by atoms with Crippen LogP contribution >= 0.6 is 0 Å². The first-order chi connectivity index (χ1) is 5.74. The molecule has 5 nitrogen and oxygen atoms in total. The van der Waals surface area contributed by atoms with Crippen molar-refractivity contribution in [2.45, 2.75) is 13.3 Å². The number of ether oxygens (including phenoxy) is 1. The molecule has 0 aromatic carbocycles. The molecule has 0 radical (unpaired) electrons. The Kier molecular flexibility index (Phi) is 2.93. The highest BCUT2D eigenvalue weighted by Gasteiger charge is 2.09. The number of carbonyl (C=O) groups is 1. The number of ketones is 1. The molecule has 1 heterocycles. The van der Waals surface area contributed by atoms with Crippen molar-refractivity contribution in [2.24, 2.45) is 0 Å². The van der Waals surface area contributed by atoms with Gasteiger partial charge in [-0.3, -0.25) is 4.79 Å². The van der Waals surface area contributed by atoms with Crippen molar-refractivity contribution in [1.82, 2.24) is 10.1 Å². The second-order valence-corrected chi connectivity index (χ2v) is 2.31. The zero-order chi connectivity index (χ0) is 8.97. The van der Waals surface area contributed by atoms with E-state index in [1.807, 2.05) is 0 Å². The Morgan fingerprint density at radius 3 is 2.92 bits per heavy atom. The molecule has 0 amide bonds. The predicted molar refractivity (Wildman–Crippen MR) is 39.9 cm³/mol. The van der Waals surface area contributed by atoms with Gasteiger partial charge in [0.2, 0.25) is 5.78 Å². The maximum atomic E-state index is 10.7. The summed E-state index contributed by atoms with van der Waals surface area (Å²) in [5.41, 5.74) is 0. The van der Waals surface area contributed by atoms with Crippen molar-refractivity contribution in [2.75, 3.05) is 13.7 Å². The van der Waals surface area contributed by atoms with Crippen molar-refractivity contribution in [3.8, 4) is 0 Å². The van der Waals surface area contributed by atoms with Crippen molar-refractivity contribution < 1.29 is 14.1 Å². The van der Waals surface area contributed by atoms with Crippen molar-refractivity contribution in [3.63, 3.8) is 0 Å². The summed E-state index contributed by atoms with van der Waals surface area (Å²) in [6.07, 6.45) is 0.563. The quantitative estimate of drug-likeness (QED) is 0.614. The number of rotatable bonds is 4. The Morgan fingerprint density at radius 1 is 1.67 bits per heavy atom. The van der Waals surface area contributed by atoms with Crippen LogP contribution in [0, 0.1) is 0 Å². The summed E-state index contributed by atoms with van der Waals surface area (Å²) in [6, 6.07) is 0. The molecule has 0 atom stereocenters. The summed E-state index contributed by atoms with van der Waals surface area (Å²) in [7, 11) is 1.59. The van der Waals surface area contributed by atoms with Gasteiger partial charge in [-0.05, 0) is 0 Å². The summed E-state index contributed by atoms with van der Waals surface area (Å²) in [6.45, 7) is 1.91. The average molecular weight is 170 g/mol. The largest absolute Gasteiger partial charge is 0.384 e. The molecule has 0 aliphatic heterocycles. The van der Waals surface area contributed by atoms with Gasteiger partial charge in [-0.25, -0.2) is 0 Å². The molecule has 0 fully saturated rings. The van der Waals surface area contributed by atoms with Crippen LogP contribution in [0.15, 0.2) is 4.52 Å². The van der Waals surface area contributed by atoms with Crippen LogP contribution in [0.3, 0.4) is 0 Å². The Bertz CT molecular complexity index is 269. The van der Waals surface area contributed by atoms with Gasteiger partial charge in [0.15, 0.2) is 5.82 Å². The fourth-order valence-electron chi connectivity index (χ4n) is 0.692. The van der Waals surface area contributed by atoms with E-state index < -0.39 is 0 Å². The number of aromatic nitrogens is 2. The van der Waals surface area contributed by atoms with Crippen LogP contribution in [0.1, 0.15) is 23.4 Å². The summed E-state index contributed by atoms with van der Waals surface area (Å²) in [4.78, 5) is 14.5. The molecule has 1 aromatic rings. The summed E-state index contributed by atoms with van der Waals surface area (Å²) < 4.78 is 9.47. The number of nitrogens with zero attached hydrogens (tertiary/aromatic N) is 2. The van der Waals surface area contributed by atoms with E-state index in [0.717, 1.165) is 0 Å². The molecule has 12 heavy (non-hydrogen) atoms. The first-order valence-electron chi connectivity index (χ1n) is 3.56. The van der Waals surface area contributed by atoms with Crippen molar-refractivity contribution in [1.29, 1.82) is 0 Å². The Hall–Kier alpha value is -1.23. The highest BCUT2D eigenvalue weighted by molar-refractivity contribution is 5.89. The van der Waals surface area contributed by atoms with Crippen LogP contribution in [0.5, 0.6) is 0 Å². The van der Waals surface area contributed by atoms with Gasteiger partial charge in [0.05, 0.1) is 6.61 Å². The van der Waals surface area contributed by atoms with Gasteiger partial charge in [-0.15, -0.1) is 0 Å². The first kappa shape index (κ1) is 8.86. The maximum Gasteiger partial charge on any atom is 0.293 e. The molecular weight excluding hydrogens is 160 g/mol. The molecule has 0 saturated carbocycles. The van der Waals surface area contributed by atoms with Crippen LogP contribution in [-0.2, 0) is 11.2 Å². The smallest absolute Gasteiger partial charge is 0.293 e. The van der Waals surface area contributed by atoms with E-state index in [9.17, 15) is 4.79 Å². The minimum atomic E-state index is -0.217. The topological polar surface area (TPSA) is 65.2 Å². The minimum Gasteiger partial charge on any atom is -0.384 e. The lowest BCUT2D eigenvalue weighted by atomic mass is 10.4. The van der Waals surface area contributed by atoms with Gasteiger partial charge >= 0.3 is 0 Å². The molecule has 5 heteroatoms. The van der Waals surface area contributed by atoms with E-state index in [-0.39, 0.29) is 11.7 Å². The number of Topliss-reactive ketones (excluding diaryl/α,β-unsaturated/α-hetero) is 1. The Labute approximate surface area is 69.7 Å². The molecule has 0 bridgehead atoms. The molecule has 1 rings (SSSR count). The van der Waals surface area contributed by atoms with Gasteiger partial charge in [-0.1, -0.05) is 5.16 Å². The third-order valence-corrected chi connectivity index (χ3v) is 1.30. The third-order valence-electron chi connectivity index (χ3n) is 1.30. The standard InChI is InChI=1S/C7H10N2O3/c1-5(10)7-8-6(9-12-7)3-4-11-2/h3-4H2,1-2H3. The lowest BCUT2D eigenvalue weighted by Gasteiger charge is -1.89. The second kappa shape index (κ2) is 3.96. The maximum absolute atomic E-state index is 10.7. The number of methoxy groups -OCH3 is 1. The van der Waals surface area contributed by atoms with Crippen molar-refractivity contribution >= 4 is 5.78 Å². The second-order valence-electron chi connectivity index (χ2n) is 2.31. The lowest BCUT2D eigenvalue weighted by Crippen LogP contribution is -1.97. The molecular formula is C7H10N2O3. The Morgan fingerprint density at radius 2 is 2.42 bits per heavy atom. The molecule has 1 aromatic heterocycles. The fourth-order valence-corrected chi connectivity index (χ4v) is 0.692. The molecule has 0 N–H and O–H groups in total. The van der Waals surface area contributed by atoms with Crippen LogP contribution in [0.4, 0.5) is 0 Å². The van der Waals surface area contributed by atoms with Gasteiger partial charge in [0.25, 0.3) is 5.89 Å². The number of hydrogen-bond acceptors (Lipinski definition) is 5. The zero-order valence-corrected chi connectivity index (χ0v) is 7.03. The highest BCUT2D eigenvalue weighted by Crippen LogP contribution is 1.98. The number of hydrogen-bond donors (Lipinski definition) is 0. The zero-order valence-electron chi connectivity index (χ0n) is 7.03. The minimum absolute atomic E-state index is 0.0566. The van der Waals surface area contributed by atoms with Crippen molar-refractivity contribution in [3.05, 3.63) is 11.7 Å². The third kappa shape index (κ3) is 2.13. The number of carbonyl (C=O) groups excluding carboxylic acids is 1. The molecule has 0 unspecified atom stereocenters. The average Bonchev–Trinajstić information content (AvgIpc) is 2.48. The normalized spacial score (nSPS) is 10.2. The first-order valence-corrected chi connectivity index (χ1v) is 3.56. The van der Waals surface area contributed by atoms with Crippen LogP contribution in [0.2, 0.25) is 0 Å². The van der Waals surface area contributed by atoms with E-state index in [1.165, 1.54) is 6.92 Å². The van der Waals surface area contributed by atoms with E-state index >= 15 is 0 Å². The fraction of sp³-hybridized carbons (Fsp3) is 0.571. The van der Waals surface area contributed by atoms with E-state index in [0.29, 0.717) is 18.9 Å². The van der Waals surface area contributed by atoms with Crippen LogP contribution < -0.4 is 0 Å². The van der Waals surface area contributed by atoms with Gasteiger partial charge in [0, 0.05) is 20.5 Å². The van der Waals surface area contributed by atoms with E-state index in [1.54, 1.807) is 7.11 Å². The lowest BCUT2D eigenvalue weighted by molar-refractivity contribution is 0.0972. The molecule has 66 valence electrons. The van der Waals surface area contributed by atoms with Crippen LogP contribution in [0.25, 0.3) is 0 Å². The van der Waals surface area contributed by atoms with Crippen LogP contribution in [-0.4, -0.2) is 29.6 Å². The molecule has 0 aliphatic rings. The van der Waals surface area contributed by atoms with E-state index in [2.05, 4.69) is 14.7 Å². The highest BCUT2D eigenvalue weighted by atomic mass is 16.5. The summed E-state index contributed by atoms with van der Waals surface area (Å²) in [5.74, 6) is 0.342. The molecule has 0 spiro atoms. The van der Waals surface area contributed by atoms with E-state index in [4.69, 9.17) is 4.74 Å².